The molecular weight excluding hydrogens is 591 g/mol. The maximum Gasteiger partial charge on any atom is 0.212 e. The van der Waals surface area contributed by atoms with E-state index >= 15 is 0 Å². The average Bonchev–Trinajstić information content (AvgIpc) is 2.90. The molecule has 6 aliphatic rings. The highest BCUT2D eigenvalue weighted by molar-refractivity contribution is 6.78. The molecule has 2 nitrogen and oxygen atoms in total. The van der Waals surface area contributed by atoms with E-state index in [-0.39, 0.29) is 6.61 Å². The van der Waals surface area contributed by atoms with Gasteiger partial charge in [0.2, 0.25) is 5.79 Å². The van der Waals surface area contributed by atoms with Crippen LogP contribution in [0.1, 0.15) is 5.56 Å². The van der Waals surface area contributed by atoms with Gasteiger partial charge in [0, 0.05) is 0 Å². The maximum atomic E-state index is 11.8. The van der Waals surface area contributed by atoms with Crippen LogP contribution in [-0.4, -0.2) is 54.2 Å². The second kappa shape index (κ2) is 4.88. The lowest BCUT2D eigenvalue weighted by Gasteiger charge is -2.81. The van der Waals surface area contributed by atoms with E-state index in [9.17, 15) is 5.11 Å². The Bertz CT molecular complexity index is 931. The monoisotopic (exact) mass is 594 g/mol. The molecule has 0 amide bonds. The molecule has 0 saturated heterocycles. The van der Waals surface area contributed by atoms with Crippen LogP contribution in [0.2, 0.25) is 0 Å². The van der Waals surface area contributed by atoms with Gasteiger partial charge in [-0.2, -0.15) is 0 Å². The summed E-state index contributed by atoms with van der Waals surface area (Å²) in [6, 6.07) is 9.01. The molecule has 1 unspecified atom stereocenters. The quantitative estimate of drug-likeness (QED) is 0.344. The molecule has 6 fully saturated rings. The molecule has 29 heavy (non-hydrogen) atoms. The summed E-state index contributed by atoms with van der Waals surface area (Å²) < 4.78 is 3.90. The highest BCUT2D eigenvalue weighted by Gasteiger charge is 3.33. The van der Waals surface area contributed by atoms with Crippen LogP contribution in [0.5, 0.6) is 0 Å². The second-order valence-electron chi connectivity index (χ2n) is 8.26. The Morgan fingerprint density at radius 1 is 0.586 bits per heavy atom. The summed E-state index contributed by atoms with van der Waals surface area (Å²) in [6.45, 7) is -0.0857. The molecule has 12 heteroatoms. The molecule has 5 atom stereocenters. The Balaban J connectivity index is 1.61. The van der Waals surface area contributed by atoms with Crippen molar-refractivity contribution < 1.29 is 9.84 Å². The zero-order chi connectivity index (χ0) is 21.5. The van der Waals surface area contributed by atoms with E-state index in [4.69, 9.17) is 121 Å². The van der Waals surface area contributed by atoms with Crippen LogP contribution in [0.4, 0.5) is 0 Å². The van der Waals surface area contributed by atoms with Gasteiger partial charge in [-0.1, -0.05) is 53.5 Å². The van der Waals surface area contributed by atoms with Crippen LogP contribution in [0.3, 0.4) is 0 Å². The predicted octanol–water partition coefficient (Wildman–Crippen LogP) is 5.95. The van der Waals surface area contributed by atoms with E-state index in [0.29, 0.717) is 0 Å². The number of hydrogen-bond donors (Lipinski definition) is 1. The molecule has 7 rings (SSSR count). The van der Waals surface area contributed by atoms with Gasteiger partial charge in [-0.3, -0.25) is 0 Å². The van der Waals surface area contributed by atoms with Crippen LogP contribution in [-0.2, 0) is 11.3 Å². The van der Waals surface area contributed by atoms with Crippen molar-refractivity contribution in [2.45, 2.75) is 55.7 Å². The minimum Gasteiger partial charge on any atom is -0.362 e. The number of hydrogen-bond acceptors (Lipinski definition) is 2. The van der Waals surface area contributed by atoms with Crippen LogP contribution in [0.15, 0.2) is 30.3 Å². The van der Waals surface area contributed by atoms with Crippen molar-refractivity contribution >= 4 is 116 Å². The molecule has 0 aromatic heterocycles. The highest BCUT2D eigenvalue weighted by atomic mass is 35.5. The second-order valence-corrected chi connectivity index (χ2v) is 14.1. The minimum absolute atomic E-state index is 0.0857. The van der Waals surface area contributed by atoms with E-state index in [0.717, 1.165) is 5.56 Å². The standard InChI is InChI=1S/C17H8Cl10O2/c18-8-9(19)13(23)11(21)10(20,12(8,22)16(13,26)27)14(8,24)17(28,15(9,11)25)29-6-7-4-2-1-3-5-7/h1-5,28H,6H2/t8-,9+,10-,11+,12?,13?,14?,15?,17?. The zero-order valence-corrected chi connectivity index (χ0v) is 21.3. The molecule has 1 aromatic rings. The Labute approximate surface area is 215 Å². The lowest BCUT2D eigenvalue weighted by atomic mass is 9.41. The molecule has 0 radical (unpaired) electrons. The van der Waals surface area contributed by atoms with E-state index in [1.807, 2.05) is 6.07 Å². The van der Waals surface area contributed by atoms with Gasteiger partial charge < -0.3 is 9.84 Å². The van der Waals surface area contributed by atoms with Crippen LogP contribution in [0, 0.1) is 0 Å². The molecule has 4 bridgehead atoms. The summed E-state index contributed by atoms with van der Waals surface area (Å²) >= 11 is 69.0. The fourth-order valence-electron chi connectivity index (χ4n) is 6.91. The van der Waals surface area contributed by atoms with Gasteiger partial charge in [0.25, 0.3) is 0 Å². The lowest BCUT2D eigenvalue weighted by Crippen LogP contribution is -3.03. The fourth-order valence-corrected chi connectivity index (χ4v) is 15.6. The van der Waals surface area contributed by atoms with Gasteiger partial charge in [-0.25, -0.2) is 0 Å². The molecule has 6 saturated carbocycles. The van der Waals surface area contributed by atoms with Crippen LogP contribution >= 0.6 is 116 Å². The number of benzene rings is 1. The van der Waals surface area contributed by atoms with Gasteiger partial charge >= 0.3 is 0 Å². The van der Waals surface area contributed by atoms with Crippen LogP contribution < -0.4 is 0 Å². The van der Waals surface area contributed by atoms with Gasteiger partial charge in [-0.05, 0) is 5.56 Å². The topological polar surface area (TPSA) is 29.5 Å². The average molecular weight is 599 g/mol. The largest absolute Gasteiger partial charge is 0.362 e. The fraction of sp³-hybridized carbons (Fsp3) is 0.647. The third kappa shape index (κ3) is 1.17. The van der Waals surface area contributed by atoms with Crippen molar-refractivity contribution in [3.63, 3.8) is 0 Å². The summed E-state index contributed by atoms with van der Waals surface area (Å²) in [6.07, 6.45) is 0. The van der Waals surface area contributed by atoms with E-state index in [1.165, 1.54) is 0 Å². The zero-order valence-electron chi connectivity index (χ0n) is 13.7. The first kappa shape index (κ1) is 21.6. The Hall–Kier alpha value is 2.04. The molecule has 6 aliphatic carbocycles. The highest BCUT2D eigenvalue weighted by Crippen LogP contribution is 3.12. The smallest absolute Gasteiger partial charge is 0.212 e. The molecule has 158 valence electrons. The molecule has 0 spiro atoms. The SMILES string of the molecule is OC1(OCc2ccccc2)C2(Cl)[C@]3(Cl)C4(Cl)C(Cl)(Cl)C5(Cl)[C@]3(Cl)C1(Cl)[C@]5(Cl)[C@@]42Cl. The molecule has 1 N–H and O–H groups in total. The summed E-state index contributed by atoms with van der Waals surface area (Å²) in [5.74, 6) is -2.41. The van der Waals surface area contributed by atoms with Gasteiger partial charge in [0.05, 0.1) is 6.61 Å². The third-order valence-electron chi connectivity index (χ3n) is 7.84. The first-order chi connectivity index (χ1) is 13.1. The Morgan fingerprint density at radius 2 is 0.966 bits per heavy atom. The van der Waals surface area contributed by atoms with Crippen molar-refractivity contribution in [2.75, 3.05) is 0 Å². The van der Waals surface area contributed by atoms with E-state index < -0.39 is 49.1 Å². The number of halogens is 10. The maximum absolute atomic E-state index is 11.8. The summed E-state index contributed by atoms with van der Waals surface area (Å²) in [4.78, 5) is -15.7. The predicted molar refractivity (Wildman–Crippen MR) is 119 cm³/mol. The number of alkyl halides is 10. The normalized spacial score (nSPS) is 66.9. The molecule has 0 heterocycles. The summed E-state index contributed by atoms with van der Waals surface area (Å²) in [7, 11) is 0. The molecular formula is C17H8Cl10O2. The van der Waals surface area contributed by atoms with Crippen molar-refractivity contribution in [2.24, 2.45) is 0 Å². The number of rotatable bonds is 3. The molecule has 1 aromatic carbocycles. The Kier molecular flexibility index (Phi) is 3.63. The van der Waals surface area contributed by atoms with Gasteiger partial charge in [0.1, 0.15) is 39.0 Å². The van der Waals surface area contributed by atoms with Crippen molar-refractivity contribution in [1.29, 1.82) is 0 Å². The van der Waals surface area contributed by atoms with Crippen LogP contribution in [0.25, 0.3) is 0 Å². The van der Waals surface area contributed by atoms with Crippen molar-refractivity contribution in [3.8, 4) is 0 Å². The summed E-state index contributed by atoms with van der Waals surface area (Å²) in [5, 5.41) is 11.8. The number of ether oxygens (including phenoxy) is 1. The summed E-state index contributed by atoms with van der Waals surface area (Å²) in [5.41, 5.74) is 0.727. The first-order valence-corrected chi connectivity index (χ1v) is 12.2. The Morgan fingerprint density at radius 3 is 1.34 bits per heavy atom. The third-order valence-corrected chi connectivity index (χ3v) is 17.1. The molecule has 0 aliphatic heterocycles. The van der Waals surface area contributed by atoms with Gasteiger partial charge in [-0.15, -0.1) is 92.8 Å². The van der Waals surface area contributed by atoms with Crippen molar-refractivity contribution in [3.05, 3.63) is 35.9 Å². The van der Waals surface area contributed by atoms with Gasteiger partial charge in [0.15, 0.2) is 4.33 Å². The minimum atomic E-state index is -2.41. The van der Waals surface area contributed by atoms with E-state index in [1.54, 1.807) is 24.3 Å². The van der Waals surface area contributed by atoms with Crippen molar-refractivity contribution in [1.82, 2.24) is 0 Å². The lowest BCUT2D eigenvalue weighted by molar-refractivity contribution is -0.243. The van der Waals surface area contributed by atoms with E-state index in [2.05, 4.69) is 0 Å². The first-order valence-electron chi connectivity index (χ1n) is 8.37. The number of aliphatic hydroxyl groups is 1.